The Kier molecular flexibility index (Phi) is 6.82. The number of benzene rings is 1. The second-order valence-corrected chi connectivity index (χ2v) is 8.68. The number of likely N-dealkylation sites (tertiary alicyclic amines) is 1. The Bertz CT molecular complexity index is 687. The Balaban J connectivity index is 2.14. The van der Waals surface area contributed by atoms with Crippen LogP contribution in [0.15, 0.2) is 42.0 Å². The van der Waals surface area contributed by atoms with Gasteiger partial charge < -0.3 is 15.4 Å². The van der Waals surface area contributed by atoms with Crippen molar-refractivity contribution in [3.63, 3.8) is 0 Å². The lowest BCUT2D eigenvalue weighted by Gasteiger charge is -2.32. The van der Waals surface area contributed by atoms with Crippen molar-refractivity contribution in [3.8, 4) is 0 Å². The number of nitrogens with zero attached hydrogens (tertiary/aromatic N) is 1. The van der Waals surface area contributed by atoms with Crippen molar-refractivity contribution >= 4 is 11.9 Å². The van der Waals surface area contributed by atoms with E-state index in [4.69, 9.17) is 10.5 Å². The molecule has 1 saturated heterocycles. The molecule has 5 heteroatoms. The molecule has 1 heterocycles. The van der Waals surface area contributed by atoms with Crippen LogP contribution in [0.1, 0.15) is 46.6 Å². The lowest BCUT2D eigenvalue weighted by atomic mass is 9.86. The highest BCUT2D eigenvalue weighted by Crippen LogP contribution is 2.29. The van der Waals surface area contributed by atoms with E-state index in [-0.39, 0.29) is 29.8 Å². The van der Waals surface area contributed by atoms with Crippen LogP contribution < -0.4 is 5.73 Å². The molecule has 2 rings (SSSR count). The van der Waals surface area contributed by atoms with Gasteiger partial charge >= 0.3 is 5.97 Å². The first kappa shape index (κ1) is 21.2. The molecular formula is C22H32N2O3. The molecule has 2 N–H and O–H groups in total. The van der Waals surface area contributed by atoms with Gasteiger partial charge in [0.25, 0.3) is 0 Å². The molecule has 1 aromatic rings. The van der Waals surface area contributed by atoms with Crippen molar-refractivity contribution in [2.45, 2.75) is 59.7 Å². The molecule has 3 atom stereocenters. The van der Waals surface area contributed by atoms with Crippen molar-refractivity contribution in [1.82, 2.24) is 4.90 Å². The van der Waals surface area contributed by atoms with Crippen molar-refractivity contribution in [1.29, 1.82) is 0 Å². The fourth-order valence-electron chi connectivity index (χ4n) is 3.30. The Hall–Kier alpha value is -2.14. The van der Waals surface area contributed by atoms with Gasteiger partial charge in [0.2, 0.25) is 5.91 Å². The summed E-state index contributed by atoms with van der Waals surface area (Å²) in [5.74, 6) is -0.410. The number of hydrogen-bond donors (Lipinski definition) is 1. The quantitative estimate of drug-likeness (QED) is 0.636. The van der Waals surface area contributed by atoms with E-state index >= 15 is 0 Å². The van der Waals surface area contributed by atoms with Crippen LogP contribution in [-0.4, -0.2) is 35.4 Å². The highest BCUT2D eigenvalue weighted by Gasteiger charge is 2.43. The van der Waals surface area contributed by atoms with E-state index in [1.54, 1.807) is 4.90 Å². The first-order valence-electron chi connectivity index (χ1n) is 9.51. The van der Waals surface area contributed by atoms with Gasteiger partial charge in [0.15, 0.2) is 0 Å². The molecule has 0 aliphatic carbocycles. The Morgan fingerprint density at radius 1 is 1.26 bits per heavy atom. The topological polar surface area (TPSA) is 72.6 Å². The molecule has 1 aliphatic heterocycles. The lowest BCUT2D eigenvalue weighted by molar-refractivity contribution is -0.155. The average Bonchev–Trinajstić information content (AvgIpc) is 3.01. The summed E-state index contributed by atoms with van der Waals surface area (Å²) in [6, 6.07) is 8.30. The minimum atomic E-state index is -0.660. The van der Waals surface area contributed by atoms with Gasteiger partial charge in [-0.2, -0.15) is 0 Å². The van der Waals surface area contributed by atoms with Crippen LogP contribution >= 0.6 is 0 Å². The van der Waals surface area contributed by atoms with Crippen molar-refractivity contribution in [2.24, 2.45) is 17.1 Å². The standard InChI is InChI=1S/C22H32N2O3/c1-15(2)11-17-12-18(21(26)27-14-16-9-7-6-8-10-16)24(13-17)20(25)19(23)22(3,4)5/h6-11,17-19H,12-14,23H2,1-5H3/t17-,18+,19-/m1/s1. The van der Waals surface area contributed by atoms with Crippen molar-refractivity contribution in [3.05, 3.63) is 47.5 Å². The second kappa shape index (κ2) is 8.70. The second-order valence-electron chi connectivity index (χ2n) is 8.68. The van der Waals surface area contributed by atoms with Gasteiger partial charge in [-0.05, 0) is 37.2 Å². The van der Waals surface area contributed by atoms with Gasteiger partial charge in [-0.15, -0.1) is 0 Å². The van der Waals surface area contributed by atoms with Crippen LogP contribution in [0.4, 0.5) is 0 Å². The van der Waals surface area contributed by atoms with E-state index in [0.29, 0.717) is 13.0 Å². The maximum atomic E-state index is 13.0. The van der Waals surface area contributed by atoms with Crippen LogP contribution in [0.5, 0.6) is 0 Å². The van der Waals surface area contributed by atoms with E-state index in [1.807, 2.05) is 65.0 Å². The molecule has 1 aliphatic rings. The maximum Gasteiger partial charge on any atom is 0.329 e. The Labute approximate surface area is 162 Å². The van der Waals surface area contributed by atoms with Crippen LogP contribution in [0.25, 0.3) is 0 Å². The third-order valence-corrected chi connectivity index (χ3v) is 4.88. The van der Waals surface area contributed by atoms with Gasteiger partial charge in [0.1, 0.15) is 12.6 Å². The Morgan fingerprint density at radius 3 is 2.44 bits per heavy atom. The van der Waals surface area contributed by atoms with E-state index < -0.39 is 12.1 Å². The first-order chi connectivity index (χ1) is 12.6. The zero-order chi connectivity index (χ0) is 20.2. The van der Waals surface area contributed by atoms with Crippen LogP contribution in [0.3, 0.4) is 0 Å². The third-order valence-electron chi connectivity index (χ3n) is 4.88. The molecular weight excluding hydrogens is 340 g/mol. The Morgan fingerprint density at radius 2 is 1.89 bits per heavy atom. The summed E-state index contributed by atoms with van der Waals surface area (Å²) in [6.07, 6.45) is 2.69. The zero-order valence-electron chi connectivity index (χ0n) is 17.1. The smallest absolute Gasteiger partial charge is 0.329 e. The van der Waals surface area contributed by atoms with Gasteiger partial charge in [0, 0.05) is 6.54 Å². The van der Waals surface area contributed by atoms with E-state index in [9.17, 15) is 9.59 Å². The van der Waals surface area contributed by atoms with Gasteiger partial charge in [-0.3, -0.25) is 4.79 Å². The minimum absolute atomic E-state index is 0.139. The minimum Gasteiger partial charge on any atom is -0.459 e. The number of carbonyl (C=O) groups is 2. The summed E-state index contributed by atoms with van der Waals surface area (Å²) >= 11 is 0. The largest absolute Gasteiger partial charge is 0.459 e. The number of nitrogens with two attached hydrogens (primary N) is 1. The predicted octanol–water partition coefficient (Wildman–Crippen LogP) is 3.29. The molecule has 1 amide bonds. The molecule has 0 bridgehead atoms. The summed E-state index contributed by atoms with van der Waals surface area (Å²) in [5, 5.41) is 0. The number of amides is 1. The highest BCUT2D eigenvalue weighted by atomic mass is 16.5. The summed E-state index contributed by atoms with van der Waals surface area (Å²) < 4.78 is 5.52. The SMILES string of the molecule is CC(C)=C[C@@H]1C[C@@H](C(=O)OCc2ccccc2)N(C(=O)[C@@H](N)C(C)(C)C)C1. The molecule has 0 radical (unpaired) electrons. The van der Waals surface area contributed by atoms with Crippen LogP contribution in [0.2, 0.25) is 0 Å². The van der Waals surface area contributed by atoms with E-state index in [0.717, 1.165) is 5.56 Å². The molecule has 0 unspecified atom stereocenters. The van der Waals surface area contributed by atoms with E-state index in [1.165, 1.54) is 5.57 Å². The highest BCUT2D eigenvalue weighted by molar-refractivity contribution is 5.88. The number of hydrogen-bond acceptors (Lipinski definition) is 4. The molecule has 0 saturated carbocycles. The lowest BCUT2D eigenvalue weighted by Crippen LogP contribution is -2.53. The van der Waals surface area contributed by atoms with Crippen molar-refractivity contribution < 1.29 is 14.3 Å². The number of carbonyl (C=O) groups excluding carboxylic acids is 2. The third kappa shape index (κ3) is 5.67. The monoisotopic (exact) mass is 372 g/mol. The maximum absolute atomic E-state index is 13.0. The number of rotatable bonds is 5. The number of allylic oxidation sites excluding steroid dienone is 1. The van der Waals surface area contributed by atoms with Crippen LogP contribution in [0, 0.1) is 11.3 Å². The van der Waals surface area contributed by atoms with E-state index in [2.05, 4.69) is 6.08 Å². The molecule has 5 nitrogen and oxygen atoms in total. The summed E-state index contributed by atoms with van der Waals surface area (Å²) in [7, 11) is 0. The summed E-state index contributed by atoms with van der Waals surface area (Å²) in [5.41, 5.74) is 7.92. The summed E-state index contributed by atoms with van der Waals surface area (Å²) in [6.45, 7) is 10.5. The van der Waals surface area contributed by atoms with Crippen molar-refractivity contribution in [2.75, 3.05) is 6.54 Å². The average molecular weight is 373 g/mol. The first-order valence-corrected chi connectivity index (χ1v) is 9.51. The van der Waals surface area contributed by atoms with Crippen LogP contribution in [-0.2, 0) is 20.9 Å². The zero-order valence-corrected chi connectivity index (χ0v) is 17.1. The van der Waals surface area contributed by atoms with Gasteiger partial charge in [-0.1, -0.05) is 62.8 Å². The molecule has 0 aromatic heterocycles. The number of esters is 1. The predicted molar refractivity (Wildman–Crippen MR) is 107 cm³/mol. The fourth-order valence-corrected chi connectivity index (χ4v) is 3.30. The molecule has 1 aromatic carbocycles. The summed E-state index contributed by atoms with van der Waals surface area (Å²) in [4.78, 5) is 27.4. The normalized spacial score (nSPS) is 20.9. The van der Waals surface area contributed by atoms with Gasteiger partial charge in [0.05, 0.1) is 6.04 Å². The number of ether oxygens (including phenoxy) is 1. The molecule has 148 valence electrons. The molecule has 1 fully saturated rings. The molecule has 27 heavy (non-hydrogen) atoms. The fraction of sp³-hybridized carbons (Fsp3) is 0.545. The molecule has 0 spiro atoms. The van der Waals surface area contributed by atoms with Gasteiger partial charge in [-0.25, -0.2) is 4.79 Å².